The first-order valence-corrected chi connectivity index (χ1v) is 5.88. The molecule has 0 saturated heterocycles. The van der Waals surface area contributed by atoms with Crippen molar-refractivity contribution in [3.63, 3.8) is 0 Å². The van der Waals surface area contributed by atoms with Crippen molar-refractivity contribution in [3.05, 3.63) is 5.89 Å². The second-order valence-corrected chi connectivity index (χ2v) is 4.12. The number of hydrogen-bond acceptors (Lipinski definition) is 6. The largest absolute Gasteiger partial charge is 0.406 e. The molecule has 0 aromatic carbocycles. The molecule has 17 heavy (non-hydrogen) atoms. The van der Waals surface area contributed by atoms with Gasteiger partial charge in [-0.2, -0.15) is 0 Å². The third-order valence-corrected chi connectivity index (χ3v) is 2.68. The van der Waals surface area contributed by atoms with Crippen LogP contribution in [0.25, 0.3) is 0 Å². The standard InChI is InChI=1S/C11H22N4O2/c1-6-12-9(3)10-13-14-11(17-10)15(4)8(2)7-16-5/h8-9,12H,6-7H2,1-5H3. The average Bonchev–Trinajstić information content (AvgIpc) is 2.78. The third kappa shape index (κ3) is 3.67. The van der Waals surface area contributed by atoms with E-state index in [2.05, 4.69) is 15.5 Å². The number of rotatable bonds is 7. The highest BCUT2D eigenvalue weighted by atomic mass is 16.5. The Labute approximate surface area is 102 Å². The van der Waals surface area contributed by atoms with Gasteiger partial charge < -0.3 is 19.4 Å². The predicted octanol–water partition coefficient (Wildman–Crippen LogP) is 1.21. The summed E-state index contributed by atoms with van der Waals surface area (Å²) in [6.07, 6.45) is 0. The molecule has 0 spiro atoms. The predicted molar refractivity (Wildman–Crippen MR) is 66.1 cm³/mol. The average molecular weight is 242 g/mol. The molecule has 98 valence electrons. The van der Waals surface area contributed by atoms with Gasteiger partial charge in [0, 0.05) is 14.2 Å². The first-order valence-electron chi connectivity index (χ1n) is 5.88. The van der Waals surface area contributed by atoms with Crippen LogP contribution in [-0.2, 0) is 4.74 Å². The van der Waals surface area contributed by atoms with Crippen molar-refractivity contribution in [2.24, 2.45) is 0 Å². The van der Waals surface area contributed by atoms with Gasteiger partial charge in [0.05, 0.1) is 18.7 Å². The lowest BCUT2D eigenvalue weighted by Gasteiger charge is -2.21. The van der Waals surface area contributed by atoms with E-state index in [0.29, 0.717) is 18.5 Å². The molecule has 0 aliphatic carbocycles. The fourth-order valence-electron chi connectivity index (χ4n) is 1.48. The van der Waals surface area contributed by atoms with E-state index in [1.54, 1.807) is 7.11 Å². The Morgan fingerprint density at radius 1 is 1.41 bits per heavy atom. The number of aromatic nitrogens is 2. The maximum Gasteiger partial charge on any atom is 0.318 e. The fraction of sp³-hybridized carbons (Fsp3) is 0.818. The second-order valence-electron chi connectivity index (χ2n) is 4.12. The molecule has 0 radical (unpaired) electrons. The van der Waals surface area contributed by atoms with E-state index < -0.39 is 0 Å². The van der Waals surface area contributed by atoms with Crippen molar-refractivity contribution in [3.8, 4) is 0 Å². The minimum atomic E-state index is 0.0763. The molecule has 2 atom stereocenters. The van der Waals surface area contributed by atoms with Crippen LogP contribution in [0.15, 0.2) is 4.42 Å². The molecule has 6 nitrogen and oxygen atoms in total. The molecule has 0 amide bonds. The minimum absolute atomic E-state index is 0.0763. The summed E-state index contributed by atoms with van der Waals surface area (Å²) in [6, 6.07) is 0.796. The fourth-order valence-corrected chi connectivity index (χ4v) is 1.48. The maximum atomic E-state index is 5.61. The van der Waals surface area contributed by atoms with Crippen LogP contribution < -0.4 is 10.2 Å². The quantitative estimate of drug-likeness (QED) is 0.775. The molecule has 1 aromatic rings. The molecule has 0 fully saturated rings. The van der Waals surface area contributed by atoms with Gasteiger partial charge in [-0.05, 0) is 20.4 Å². The molecule has 1 heterocycles. The highest BCUT2D eigenvalue weighted by molar-refractivity contribution is 5.24. The SMILES string of the molecule is CCNC(C)c1nnc(N(C)C(C)COC)o1. The smallest absolute Gasteiger partial charge is 0.318 e. The number of anilines is 1. The molecule has 1 N–H and O–H groups in total. The van der Waals surface area contributed by atoms with Gasteiger partial charge in [-0.25, -0.2) is 0 Å². The van der Waals surface area contributed by atoms with Gasteiger partial charge in [-0.1, -0.05) is 12.0 Å². The van der Waals surface area contributed by atoms with Gasteiger partial charge >= 0.3 is 6.01 Å². The number of likely N-dealkylation sites (N-methyl/N-ethyl adjacent to an activating group) is 1. The molecule has 2 unspecified atom stereocenters. The van der Waals surface area contributed by atoms with Crippen molar-refractivity contribution in [1.29, 1.82) is 0 Å². The zero-order valence-electron chi connectivity index (χ0n) is 11.2. The summed E-state index contributed by atoms with van der Waals surface area (Å²) in [6.45, 7) is 7.58. The molecule has 1 rings (SSSR count). The summed E-state index contributed by atoms with van der Waals surface area (Å²) in [4.78, 5) is 1.92. The van der Waals surface area contributed by atoms with Crippen LogP contribution in [0, 0.1) is 0 Å². The van der Waals surface area contributed by atoms with Crippen molar-refractivity contribution in [2.75, 3.05) is 32.2 Å². The Hall–Kier alpha value is -1.14. The molecule has 6 heteroatoms. The third-order valence-electron chi connectivity index (χ3n) is 2.68. The van der Waals surface area contributed by atoms with Crippen molar-refractivity contribution >= 4 is 6.01 Å². The van der Waals surface area contributed by atoms with Gasteiger partial charge in [0.1, 0.15) is 0 Å². The molecule has 0 aliphatic rings. The minimum Gasteiger partial charge on any atom is -0.406 e. The topological polar surface area (TPSA) is 63.4 Å². The van der Waals surface area contributed by atoms with Crippen LogP contribution in [-0.4, -0.2) is 43.5 Å². The molecule has 0 bridgehead atoms. The number of hydrogen-bond donors (Lipinski definition) is 1. The van der Waals surface area contributed by atoms with Crippen LogP contribution in [0.1, 0.15) is 32.7 Å². The second kappa shape index (κ2) is 6.56. The Morgan fingerprint density at radius 2 is 2.12 bits per heavy atom. The van der Waals surface area contributed by atoms with Gasteiger partial charge in [-0.3, -0.25) is 0 Å². The highest BCUT2D eigenvalue weighted by Crippen LogP contribution is 2.17. The lowest BCUT2D eigenvalue weighted by atomic mass is 10.3. The summed E-state index contributed by atoms with van der Waals surface area (Å²) in [5.41, 5.74) is 0. The molecule has 0 saturated carbocycles. The molecule has 0 aliphatic heterocycles. The van der Waals surface area contributed by atoms with E-state index >= 15 is 0 Å². The molecule has 1 aromatic heterocycles. The van der Waals surface area contributed by atoms with E-state index in [1.165, 1.54) is 0 Å². The van der Waals surface area contributed by atoms with Crippen LogP contribution in [0.2, 0.25) is 0 Å². The van der Waals surface area contributed by atoms with E-state index in [-0.39, 0.29) is 12.1 Å². The normalized spacial score (nSPS) is 14.6. The van der Waals surface area contributed by atoms with Crippen molar-refractivity contribution in [2.45, 2.75) is 32.9 Å². The van der Waals surface area contributed by atoms with E-state index in [1.807, 2.05) is 32.7 Å². The summed E-state index contributed by atoms with van der Waals surface area (Å²) in [5.74, 6) is 0.610. The number of methoxy groups -OCH3 is 1. The summed E-state index contributed by atoms with van der Waals surface area (Å²) in [7, 11) is 3.59. The monoisotopic (exact) mass is 242 g/mol. The molecular weight excluding hydrogens is 220 g/mol. The van der Waals surface area contributed by atoms with E-state index in [0.717, 1.165) is 6.54 Å². The maximum absolute atomic E-state index is 5.61. The highest BCUT2D eigenvalue weighted by Gasteiger charge is 2.18. The lowest BCUT2D eigenvalue weighted by Crippen LogP contribution is -2.32. The Balaban J connectivity index is 2.66. The van der Waals surface area contributed by atoms with E-state index in [4.69, 9.17) is 9.15 Å². The Kier molecular flexibility index (Phi) is 5.37. The van der Waals surface area contributed by atoms with Gasteiger partial charge in [0.25, 0.3) is 0 Å². The zero-order chi connectivity index (χ0) is 12.8. The summed E-state index contributed by atoms with van der Waals surface area (Å²) < 4.78 is 10.7. The Morgan fingerprint density at radius 3 is 2.71 bits per heavy atom. The van der Waals surface area contributed by atoms with E-state index in [9.17, 15) is 0 Å². The first-order chi connectivity index (χ1) is 8.10. The van der Waals surface area contributed by atoms with Crippen LogP contribution in [0.4, 0.5) is 6.01 Å². The van der Waals surface area contributed by atoms with Crippen LogP contribution in [0.5, 0.6) is 0 Å². The number of ether oxygens (including phenoxy) is 1. The first kappa shape index (κ1) is 13.9. The van der Waals surface area contributed by atoms with Crippen molar-refractivity contribution < 1.29 is 9.15 Å². The van der Waals surface area contributed by atoms with Crippen LogP contribution >= 0.6 is 0 Å². The Bertz CT molecular complexity index is 329. The summed E-state index contributed by atoms with van der Waals surface area (Å²) >= 11 is 0. The number of nitrogens with zero attached hydrogens (tertiary/aromatic N) is 3. The zero-order valence-corrected chi connectivity index (χ0v) is 11.2. The number of nitrogens with one attached hydrogen (secondary N) is 1. The lowest BCUT2D eigenvalue weighted by molar-refractivity contribution is 0.181. The van der Waals surface area contributed by atoms with Gasteiger partial charge in [0.15, 0.2) is 0 Å². The van der Waals surface area contributed by atoms with Crippen LogP contribution in [0.3, 0.4) is 0 Å². The molecular formula is C11H22N4O2. The summed E-state index contributed by atoms with van der Waals surface area (Å²) in [5, 5.41) is 11.3. The van der Waals surface area contributed by atoms with Gasteiger partial charge in [-0.15, -0.1) is 5.10 Å². The van der Waals surface area contributed by atoms with Gasteiger partial charge in [0.2, 0.25) is 5.89 Å². The van der Waals surface area contributed by atoms with Crippen molar-refractivity contribution in [1.82, 2.24) is 15.5 Å².